The van der Waals surface area contributed by atoms with Gasteiger partial charge in [-0.2, -0.15) is 0 Å². The Morgan fingerprint density at radius 3 is 2.48 bits per heavy atom. The normalized spacial score (nSPS) is 10.9. The van der Waals surface area contributed by atoms with Gasteiger partial charge in [0.05, 0.1) is 12.6 Å². The van der Waals surface area contributed by atoms with Crippen LogP contribution in [0.15, 0.2) is 41.2 Å². The zero-order valence-corrected chi connectivity index (χ0v) is 15.3. The summed E-state index contributed by atoms with van der Waals surface area (Å²) in [5.74, 6) is -0.670. The van der Waals surface area contributed by atoms with E-state index in [1.54, 1.807) is 19.2 Å². The summed E-state index contributed by atoms with van der Waals surface area (Å²) in [6, 6.07) is 11.2. The molecule has 4 nitrogen and oxygen atoms in total. The third kappa shape index (κ3) is 2.72. The van der Waals surface area contributed by atoms with Gasteiger partial charge >= 0.3 is 5.97 Å². The molecule has 1 heterocycles. The van der Waals surface area contributed by atoms with E-state index in [1.165, 1.54) is 11.7 Å². The number of aromatic nitrogens is 1. The van der Waals surface area contributed by atoms with Gasteiger partial charge in [-0.25, -0.2) is 4.79 Å². The van der Waals surface area contributed by atoms with E-state index in [9.17, 15) is 9.59 Å². The second-order valence-corrected chi connectivity index (χ2v) is 6.47. The van der Waals surface area contributed by atoms with Crippen LogP contribution in [0.4, 0.5) is 0 Å². The molecule has 0 unspecified atom stereocenters. The van der Waals surface area contributed by atoms with Crippen LogP contribution < -0.4 is 5.56 Å². The molecule has 2 aromatic carbocycles. The van der Waals surface area contributed by atoms with Crippen molar-refractivity contribution in [1.29, 1.82) is 0 Å². The fourth-order valence-corrected chi connectivity index (χ4v) is 3.57. The number of halogens is 1. The second kappa shape index (κ2) is 6.37. The molecule has 0 aliphatic carbocycles. The number of carbonyl (C=O) groups is 1. The van der Waals surface area contributed by atoms with Gasteiger partial charge in [0.1, 0.15) is 5.56 Å². The van der Waals surface area contributed by atoms with Gasteiger partial charge in [0.15, 0.2) is 0 Å². The summed E-state index contributed by atoms with van der Waals surface area (Å²) >= 11 is 6.39. The summed E-state index contributed by atoms with van der Waals surface area (Å²) in [5, 5.41) is 1.27. The highest BCUT2D eigenvalue weighted by molar-refractivity contribution is 6.34. The average Bonchev–Trinajstić information content (AvgIpc) is 2.57. The van der Waals surface area contributed by atoms with E-state index in [0.717, 1.165) is 22.0 Å². The van der Waals surface area contributed by atoms with Crippen molar-refractivity contribution in [3.05, 3.63) is 68.5 Å². The number of aryl methyl sites for hydroxylation is 3. The van der Waals surface area contributed by atoms with Gasteiger partial charge in [-0.15, -0.1) is 0 Å². The average molecular weight is 356 g/mol. The minimum absolute atomic E-state index is 0.00407. The standard InChI is InChI=1S/C20H18ClNO3/c1-11-9-12(2)18-14(10-11)16(13-7-5-6-8-15(13)21)17(20(24)25-4)19(23)22(18)3/h5-10H,1-4H3. The van der Waals surface area contributed by atoms with Crippen LogP contribution in [0.5, 0.6) is 0 Å². The SMILES string of the molecule is COC(=O)c1c(-c2ccccc2Cl)c2cc(C)cc(C)c2n(C)c1=O. The molecule has 0 atom stereocenters. The van der Waals surface area contributed by atoms with E-state index in [-0.39, 0.29) is 5.56 Å². The number of benzene rings is 2. The molecule has 0 amide bonds. The number of hydrogen-bond donors (Lipinski definition) is 0. The van der Waals surface area contributed by atoms with Gasteiger partial charge in [0, 0.05) is 28.6 Å². The molecular weight excluding hydrogens is 338 g/mol. The van der Waals surface area contributed by atoms with Crippen molar-refractivity contribution in [2.75, 3.05) is 7.11 Å². The highest BCUT2D eigenvalue weighted by Crippen LogP contribution is 2.36. The van der Waals surface area contributed by atoms with Crippen molar-refractivity contribution < 1.29 is 9.53 Å². The molecule has 1 aromatic heterocycles. The first-order valence-electron chi connectivity index (χ1n) is 7.84. The summed E-state index contributed by atoms with van der Waals surface area (Å²) in [6.07, 6.45) is 0. The number of carbonyl (C=O) groups excluding carboxylic acids is 1. The second-order valence-electron chi connectivity index (χ2n) is 6.06. The number of pyridine rings is 1. The van der Waals surface area contributed by atoms with Crippen molar-refractivity contribution in [2.45, 2.75) is 13.8 Å². The number of rotatable bonds is 2. The maximum atomic E-state index is 12.9. The molecule has 0 radical (unpaired) electrons. The quantitative estimate of drug-likeness (QED) is 0.645. The zero-order valence-electron chi connectivity index (χ0n) is 14.5. The monoisotopic (exact) mass is 355 g/mol. The first-order chi connectivity index (χ1) is 11.9. The van der Waals surface area contributed by atoms with E-state index >= 15 is 0 Å². The first-order valence-corrected chi connectivity index (χ1v) is 8.21. The molecule has 0 N–H and O–H groups in total. The number of esters is 1. The molecule has 0 saturated carbocycles. The lowest BCUT2D eigenvalue weighted by molar-refractivity contribution is 0.0599. The van der Waals surface area contributed by atoms with Crippen LogP contribution in [0.3, 0.4) is 0 Å². The Labute approximate surface area is 150 Å². The van der Waals surface area contributed by atoms with Crippen LogP contribution in [-0.2, 0) is 11.8 Å². The molecular formula is C20H18ClNO3. The summed E-state index contributed by atoms with van der Waals surface area (Å²) in [7, 11) is 2.93. The van der Waals surface area contributed by atoms with E-state index in [1.807, 2.05) is 38.1 Å². The zero-order chi connectivity index (χ0) is 18.3. The van der Waals surface area contributed by atoms with Crippen molar-refractivity contribution in [3.8, 4) is 11.1 Å². The summed E-state index contributed by atoms with van der Waals surface area (Å²) in [4.78, 5) is 25.4. The topological polar surface area (TPSA) is 48.3 Å². The molecule has 0 aliphatic heterocycles. The Bertz CT molecular complexity index is 1070. The summed E-state index contributed by atoms with van der Waals surface area (Å²) < 4.78 is 6.38. The minimum Gasteiger partial charge on any atom is -0.465 e. The third-order valence-corrected chi connectivity index (χ3v) is 4.68. The lowest BCUT2D eigenvalue weighted by Crippen LogP contribution is -2.27. The Hall–Kier alpha value is -2.59. The van der Waals surface area contributed by atoms with Crippen LogP contribution in [-0.4, -0.2) is 17.6 Å². The van der Waals surface area contributed by atoms with Crippen molar-refractivity contribution >= 4 is 28.5 Å². The number of methoxy groups -OCH3 is 1. The summed E-state index contributed by atoms with van der Waals surface area (Å²) in [5.41, 5.74) is 3.52. The van der Waals surface area contributed by atoms with Crippen molar-refractivity contribution in [1.82, 2.24) is 4.57 Å². The van der Waals surface area contributed by atoms with Crippen LogP contribution in [0, 0.1) is 13.8 Å². The van der Waals surface area contributed by atoms with Gasteiger partial charge in [-0.05, 0) is 31.5 Å². The lowest BCUT2D eigenvalue weighted by atomic mass is 9.93. The number of fused-ring (bicyclic) bond motifs is 1. The predicted octanol–water partition coefficient (Wildman–Crippen LogP) is 4.26. The fraction of sp³-hybridized carbons (Fsp3) is 0.200. The van der Waals surface area contributed by atoms with Crippen molar-refractivity contribution in [3.63, 3.8) is 0 Å². The van der Waals surface area contributed by atoms with Gasteiger partial charge < -0.3 is 9.30 Å². The Balaban J connectivity index is 2.65. The molecule has 0 saturated heterocycles. The molecule has 5 heteroatoms. The van der Waals surface area contributed by atoms with Gasteiger partial charge in [-0.1, -0.05) is 41.4 Å². The number of hydrogen-bond acceptors (Lipinski definition) is 3. The molecule has 0 fully saturated rings. The van der Waals surface area contributed by atoms with E-state index < -0.39 is 11.5 Å². The Morgan fingerprint density at radius 2 is 1.84 bits per heavy atom. The third-order valence-electron chi connectivity index (χ3n) is 4.35. The maximum Gasteiger partial charge on any atom is 0.344 e. The van der Waals surface area contributed by atoms with Crippen LogP contribution in [0.25, 0.3) is 22.0 Å². The van der Waals surface area contributed by atoms with Crippen LogP contribution in [0.2, 0.25) is 5.02 Å². The van der Waals surface area contributed by atoms with Crippen LogP contribution in [0.1, 0.15) is 21.5 Å². The Kier molecular flexibility index (Phi) is 4.39. The molecule has 3 rings (SSSR count). The summed E-state index contributed by atoms with van der Waals surface area (Å²) in [6.45, 7) is 3.93. The van der Waals surface area contributed by atoms with E-state index in [0.29, 0.717) is 16.1 Å². The molecule has 0 bridgehead atoms. The van der Waals surface area contributed by atoms with E-state index in [4.69, 9.17) is 16.3 Å². The highest BCUT2D eigenvalue weighted by Gasteiger charge is 2.25. The highest BCUT2D eigenvalue weighted by atomic mass is 35.5. The molecule has 0 aliphatic rings. The number of ether oxygens (including phenoxy) is 1. The molecule has 25 heavy (non-hydrogen) atoms. The van der Waals surface area contributed by atoms with Gasteiger partial charge in [0.25, 0.3) is 5.56 Å². The fourth-order valence-electron chi connectivity index (χ4n) is 3.34. The van der Waals surface area contributed by atoms with Crippen molar-refractivity contribution in [2.24, 2.45) is 7.05 Å². The Morgan fingerprint density at radius 1 is 1.16 bits per heavy atom. The largest absolute Gasteiger partial charge is 0.465 e. The first kappa shape index (κ1) is 17.2. The predicted molar refractivity (Wildman–Crippen MR) is 100 cm³/mol. The smallest absolute Gasteiger partial charge is 0.344 e. The van der Waals surface area contributed by atoms with Crippen LogP contribution >= 0.6 is 11.6 Å². The number of nitrogens with zero attached hydrogens (tertiary/aromatic N) is 1. The molecule has 3 aromatic rings. The van der Waals surface area contributed by atoms with Gasteiger partial charge in [0.2, 0.25) is 0 Å². The maximum absolute atomic E-state index is 12.9. The van der Waals surface area contributed by atoms with Gasteiger partial charge in [-0.3, -0.25) is 4.79 Å². The lowest BCUT2D eigenvalue weighted by Gasteiger charge is -2.18. The minimum atomic E-state index is -0.670. The molecule has 128 valence electrons. The van der Waals surface area contributed by atoms with E-state index in [2.05, 4.69) is 0 Å². The molecule has 0 spiro atoms.